The zero-order valence-electron chi connectivity index (χ0n) is 13.2. The third-order valence-electron chi connectivity index (χ3n) is 4.06. The van der Waals surface area contributed by atoms with Gasteiger partial charge < -0.3 is 4.98 Å². The maximum atomic E-state index is 13.2. The summed E-state index contributed by atoms with van der Waals surface area (Å²) in [5.74, 6) is 0.203. The Balaban J connectivity index is 2.24. The molecule has 112 valence electrons. The van der Waals surface area contributed by atoms with Crippen LogP contribution in [0.25, 0.3) is 22.4 Å². The number of hydrogen-bond donors (Lipinski definition) is 1. The van der Waals surface area contributed by atoms with Crippen LogP contribution < -0.4 is 0 Å². The quantitative estimate of drug-likeness (QED) is 0.617. The van der Waals surface area contributed by atoms with E-state index < -0.39 is 0 Å². The first-order valence-electron chi connectivity index (χ1n) is 7.61. The molecule has 2 heteroatoms. The van der Waals surface area contributed by atoms with Gasteiger partial charge in [-0.25, -0.2) is 4.39 Å². The van der Waals surface area contributed by atoms with Crippen molar-refractivity contribution in [3.8, 4) is 22.4 Å². The first-order valence-corrected chi connectivity index (χ1v) is 7.61. The molecule has 22 heavy (non-hydrogen) atoms. The highest BCUT2D eigenvalue weighted by molar-refractivity contribution is 5.84. The van der Waals surface area contributed by atoms with E-state index in [-0.39, 0.29) is 5.82 Å². The zero-order valence-corrected chi connectivity index (χ0v) is 13.2. The molecule has 0 fully saturated rings. The summed E-state index contributed by atoms with van der Waals surface area (Å²) in [6.07, 6.45) is 0. The Morgan fingerprint density at radius 1 is 0.864 bits per heavy atom. The van der Waals surface area contributed by atoms with Gasteiger partial charge in [0, 0.05) is 11.3 Å². The highest BCUT2D eigenvalue weighted by Crippen LogP contribution is 2.38. The van der Waals surface area contributed by atoms with Gasteiger partial charge in [0.05, 0.1) is 5.69 Å². The second-order valence-corrected chi connectivity index (χ2v) is 5.94. The smallest absolute Gasteiger partial charge is 0.123 e. The summed E-state index contributed by atoms with van der Waals surface area (Å²) in [5.41, 5.74) is 6.96. The Hall–Kier alpha value is -2.35. The van der Waals surface area contributed by atoms with Crippen LogP contribution in [0.15, 0.2) is 54.6 Å². The highest BCUT2D eigenvalue weighted by atomic mass is 19.1. The largest absolute Gasteiger partial charge is 0.357 e. The molecule has 0 spiro atoms. The van der Waals surface area contributed by atoms with Gasteiger partial charge in [-0.3, -0.25) is 0 Å². The SMILES string of the molecule is Cc1c(C(C)C)[nH]c(-c2ccc(F)cc2)c1-c1ccccc1. The van der Waals surface area contributed by atoms with Crippen LogP contribution >= 0.6 is 0 Å². The molecule has 2 aromatic carbocycles. The van der Waals surface area contributed by atoms with Crippen LogP contribution in [0.3, 0.4) is 0 Å². The number of rotatable bonds is 3. The predicted molar refractivity (Wildman–Crippen MR) is 90.4 cm³/mol. The number of nitrogens with one attached hydrogen (secondary N) is 1. The molecule has 0 unspecified atom stereocenters. The molecule has 0 aliphatic heterocycles. The summed E-state index contributed by atoms with van der Waals surface area (Å²) in [4.78, 5) is 3.56. The molecule has 0 bridgehead atoms. The van der Waals surface area contributed by atoms with E-state index in [0.717, 1.165) is 11.3 Å². The van der Waals surface area contributed by atoms with Crippen LogP contribution in [0.1, 0.15) is 31.0 Å². The van der Waals surface area contributed by atoms with Crippen molar-refractivity contribution in [1.29, 1.82) is 0 Å². The standard InChI is InChI=1S/C20H20FN/c1-13(2)19-14(3)18(15-7-5-4-6-8-15)20(22-19)16-9-11-17(21)12-10-16/h4-13,22H,1-3H3. The van der Waals surface area contributed by atoms with Gasteiger partial charge in [0.25, 0.3) is 0 Å². The van der Waals surface area contributed by atoms with Crippen molar-refractivity contribution in [3.05, 3.63) is 71.7 Å². The summed E-state index contributed by atoms with van der Waals surface area (Å²) in [6, 6.07) is 17.0. The minimum Gasteiger partial charge on any atom is -0.357 e. The van der Waals surface area contributed by atoms with Gasteiger partial charge in [-0.15, -0.1) is 0 Å². The molecule has 0 amide bonds. The summed E-state index contributed by atoms with van der Waals surface area (Å²) in [7, 11) is 0. The predicted octanol–water partition coefficient (Wildman–Crippen LogP) is 5.92. The Kier molecular flexibility index (Phi) is 3.84. The van der Waals surface area contributed by atoms with Crippen LogP contribution in [0.5, 0.6) is 0 Å². The molecule has 1 N–H and O–H groups in total. The molecule has 0 saturated heterocycles. The fraction of sp³-hybridized carbons (Fsp3) is 0.200. The number of H-pyrrole nitrogens is 1. The first kappa shape index (κ1) is 14.6. The van der Waals surface area contributed by atoms with Crippen molar-refractivity contribution in [2.45, 2.75) is 26.7 Å². The van der Waals surface area contributed by atoms with Gasteiger partial charge in [0.15, 0.2) is 0 Å². The number of benzene rings is 2. The van der Waals surface area contributed by atoms with Crippen molar-refractivity contribution in [3.63, 3.8) is 0 Å². The zero-order chi connectivity index (χ0) is 15.7. The summed E-state index contributed by atoms with van der Waals surface area (Å²) in [6.45, 7) is 6.52. The van der Waals surface area contributed by atoms with E-state index in [0.29, 0.717) is 5.92 Å². The third kappa shape index (κ3) is 2.57. The molecule has 0 radical (unpaired) electrons. The monoisotopic (exact) mass is 293 g/mol. The molecule has 0 atom stereocenters. The van der Waals surface area contributed by atoms with E-state index in [9.17, 15) is 4.39 Å². The fourth-order valence-corrected chi connectivity index (χ4v) is 2.99. The molecular weight excluding hydrogens is 273 g/mol. The molecule has 0 aliphatic carbocycles. The minimum atomic E-state index is -0.211. The number of hydrogen-bond acceptors (Lipinski definition) is 0. The van der Waals surface area contributed by atoms with Gasteiger partial charge in [-0.1, -0.05) is 44.2 Å². The van der Waals surface area contributed by atoms with E-state index in [1.54, 1.807) is 0 Å². The van der Waals surface area contributed by atoms with E-state index in [1.165, 1.54) is 34.5 Å². The third-order valence-corrected chi connectivity index (χ3v) is 4.06. The van der Waals surface area contributed by atoms with Crippen molar-refractivity contribution in [1.82, 2.24) is 4.98 Å². The Labute approximate surface area is 130 Å². The van der Waals surface area contributed by atoms with Gasteiger partial charge in [0.1, 0.15) is 5.82 Å². The van der Waals surface area contributed by atoms with Crippen molar-refractivity contribution in [2.24, 2.45) is 0 Å². The summed E-state index contributed by atoms with van der Waals surface area (Å²) < 4.78 is 13.2. The number of halogens is 1. The van der Waals surface area contributed by atoms with Crippen LogP contribution in [-0.4, -0.2) is 4.98 Å². The topological polar surface area (TPSA) is 15.8 Å². The van der Waals surface area contributed by atoms with Crippen molar-refractivity contribution in [2.75, 3.05) is 0 Å². The van der Waals surface area contributed by atoms with Crippen molar-refractivity contribution >= 4 is 0 Å². The molecular formula is C20H20FN. The van der Waals surface area contributed by atoms with Gasteiger partial charge >= 0.3 is 0 Å². The molecule has 0 saturated carbocycles. The van der Waals surface area contributed by atoms with E-state index in [1.807, 2.05) is 30.3 Å². The average Bonchev–Trinajstić information content (AvgIpc) is 2.86. The molecule has 0 aliphatic rings. The normalized spacial score (nSPS) is 11.1. The number of aromatic nitrogens is 1. The summed E-state index contributed by atoms with van der Waals surface area (Å²) in [5, 5.41) is 0. The lowest BCUT2D eigenvalue weighted by Crippen LogP contribution is -1.90. The van der Waals surface area contributed by atoms with Gasteiger partial charge in [0.2, 0.25) is 0 Å². The lowest BCUT2D eigenvalue weighted by Gasteiger charge is -2.07. The lowest BCUT2D eigenvalue weighted by atomic mass is 9.96. The molecule has 3 aromatic rings. The maximum Gasteiger partial charge on any atom is 0.123 e. The Morgan fingerprint density at radius 2 is 1.50 bits per heavy atom. The molecule has 1 heterocycles. The van der Waals surface area contributed by atoms with Crippen LogP contribution in [0.4, 0.5) is 4.39 Å². The Morgan fingerprint density at radius 3 is 2.09 bits per heavy atom. The van der Waals surface area contributed by atoms with Crippen LogP contribution in [-0.2, 0) is 0 Å². The lowest BCUT2D eigenvalue weighted by molar-refractivity contribution is 0.628. The van der Waals surface area contributed by atoms with Gasteiger partial charge in [-0.05, 0) is 53.8 Å². The highest BCUT2D eigenvalue weighted by Gasteiger charge is 2.18. The summed E-state index contributed by atoms with van der Waals surface area (Å²) >= 11 is 0. The fourth-order valence-electron chi connectivity index (χ4n) is 2.99. The number of aromatic amines is 1. The average molecular weight is 293 g/mol. The second-order valence-electron chi connectivity index (χ2n) is 5.94. The van der Waals surface area contributed by atoms with E-state index in [4.69, 9.17) is 0 Å². The Bertz CT molecular complexity index is 767. The van der Waals surface area contributed by atoms with E-state index >= 15 is 0 Å². The van der Waals surface area contributed by atoms with Crippen LogP contribution in [0, 0.1) is 12.7 Å². The van der Waals surface area contributed by atoms with Gasteiger partial charge in [-0.2, -0.15) is 0 Å². The maximum absolute atomic E-state index is 13.2. The van der Waals surface area contributed by atoms with Crippen molar-refractivity contribution < 1.29 is 4.39 Å². The first-order chi connectivity index (χ1) is 10.6. The van der Waals surface area contributed by atoms with Crippen LogP contribution in [0.2, 0.25) is 0 Å². The molecule has 1 aromatic heterocycles. The molecule has 3 rings (SSSR count). The minimum absolute atomic E-state index is 0.211. The second kappa shape index (κ2) is 5.80. The van der Waals surface area contributed by atoms with E-state index in [2.05, 4.69) is 37.9 Å². The molecule has 1 nitrogen and oxygen atoms in total.